The first-order valence-corrected chi connectivity index (χ1v) is 10.5. The molecule has 4 heteroatoms. The summed E-state index contributed by atoms with van der Waals surface area (Å²) in [7, 11) is 0. The third-order valence-corrected chi connectivity index (χ3v) is 6.07. The van der Waals surface area contributed by atoms with Gasteiger partial charge in [-0.25, -0.2) is 0 Å². The van der Waals surface area contributed by atoms with Crippen molar-refractivity contribution in [2.24, 2.45) is 5.92 Å². The van der Waals surface area contributed by atoms with Crippen LogP contribution >= 0.6 is 0 Å². The molecule has 2 aliphatic rings. The van der Waals surface area contributed by atoms with E-state index in [0.717, 1.165) is 24.0 Å². The number of carbonyl (C=O) groups excluding carboxylic acids is 2. The molecule has 2 fully saturated rings. The monoisotopic (exact) mass is 376 g/mol. The average Bonchev–Trinajstić information content (AvgIpc) is 2.79. The van der Waals surface area contributed by atoms with E-state index in [-0.39, 0.29) is 11.8 Å². The van der Waals surface area contributed by atoms with E-state index in [0.29, 0.717) is 37.6 Å². The van der Waals surface area contributed by atoms with Gasteiger partial charge in [-0.2, -0.15) is 0 Å². The van der Waals surface area contributed by atoms with Crippen molar-refractivity contribution in [2.45, 2.75) is 32.1 Å². The van der Waals surface area contributed by atoms with Crippen LogP contribution in [0.1, 0.15) is 42.5 Å². The Kier molecular flexibility index (Phi) is 5.75. The second-order valence-electron chi connectivity index (χ2n) is 7.90. The zero-order valence-electron chi connectivity index (χ0n) is 16.3. The zero-order chi connectivity index (χ0) is 19.3. The van der Waals surface area contributed by atoms with E-state index in [1.165, 1.54) is 19.3 Å². The van der Waals surface area contributed by atoms with E-state index in [1.54, 1.807) is 0 Å². The van der Waals surface area contributed by atoms with Crippen molar-refractivity contribution < 1.29 is 9.59 Å². The lowest BCUT2D eigenvalue weighted by molar-refractivity contribution is -0.138. The van der Waals surface area contributed by atoms with Gasteiger partial charge in [0.25, 0.3) is 5.91 Å². The van der Waals surface area contributed by atoms with Gasteiger partial charge in [0.2, 0.25) is 5.91 Å². The van der Waals surface area contributed by atoms with E-state index in [9.17, 15) is 9.59 Å². The smallest absolute Gasteiger partial charge is 0.253 e. The third-order valence-electron chi connectivity index (χ3n) is 6.07. The molecule has 0 radical (unpaired) electrons. The number of piperazine rings is 1. The Labute approximate surface area is 167 Å². The summed E-state index contributed by atoms with van der Waals surface area (Å²) in [5.74, 6) is 0.574. The molecular weight excluding hydrogens is 348 g/mol. The van der Waals surface area contributed by atoms with Crippen LogP contribution < -0.4 is 0 Å². The summed E-state index contributed by atoms with van der Waals surface area (Å²) in [5, 5.41) is 0. The molecule has 4 rings (SSSR count). The maximum absolute atomic E-state index is 12.8. The molecule has 1 saturated carbocycles. The maximum atomic E-state index is 12.8. The molecule has 0 spiro atoms. The van der Waals surface area contributed by atoms with Crippen molar-refractivity contribution in [3.8, 4) is 11.1 Å². The Hall–Kier alpha value is -2.62. The molecule has 1 aliphatic heterocycles. The van der Waals surface area contributed by atoms with Crippen molar-refractivity contribution in [1.29, 1.82) is 0 Å². The predicted molar refractivity (Wildman–Crippen MR) is 111 cm³/mol. The first kappa shape index (κ1) is 18.7. The molecule has 0 bridgehead atoms. The Morgan fingerprint density at radius 1 is 0.679 bits per heavy atom. The number of carbonyl (C=O) groups is 2. The SMILES string of the molecule is O=C(c1ccc(-c2ccccc2)cc1)N1CCN(C(=O)C2CCCCC2)CC1. The Balaban J connectivity index is 1.34. The van der Waals surface area contributed by atoms with Gasteiger partial charge in [-0.1, -0.05) is 61.7 Å². The van der Waals surface area contributed by atoms with Gasteiger partial charge >= 0.3 is 0 Å². The van der Waals surface area contributed by atoms with Crippen LogP contribution in [0.3, 0.4) is 0 Å². The van der Waals surface area contributed by atoms with Gasteiger partial charge in [-0.3, -0.25) is 9.59 Å². The van der Waals surface area contributed by atoms with E-state index in [4.69, 9.17) is 0 Å². The molecule has 28 heavy (non-hydrogen) atoms. The lowest BCUT2D eigenvalue weighted by Gasteiger charge is -2.37. The molecule has 0 unspecified atom stereocenters. The standard InChI is InChI=1S/C24H28N2O2/c27-23(21-9-5-2-6-10-21)25-15-17-26(18-16-25)24(28)22-13-11-20(12-14-22)19-7-3-1-4-8-19/h1,3-4,7-8,11-14,21H,2,5-6,9-10,15-18H2. The van der Waals surface area contributed by atoms with Gasteiger partial charge in [-0.05, 0) is 36.1 Å². The van der Waals surface area contributed by atoms with Crippen molar-refractivity contribution in [3.05, 3.63) is 60.2 Å². The molecule has 146 valence electrons. The molecular formula is C24H28N2O2. The average molecular weight is 377 g/mol. The Bertz CT molecular complexity index is 802. The van der Waals surface area contributed by atoms with Gasteiger partial charge in [0, 0.05) is 37.7 Å². The third kappa shape index (κ3) is 4.11. The molecule has 2 aromatic carbocycles. The van der Waals surface area contributed by atoms with Crippen LogP contribution in [-0.2, 0) is 4.79 Å². The van der Waals surface area contributed by atoms with Crippen LogP contribution in [0.15, 0.2) is 54.6 Å². The molecule has 1 heterocycles. The minimum Gasteiger partial charge on any atom is -0.339 e. The Morgan fingerprint density at radius 2 is 1.25 bits per heavy atom. The van der Waals surface area contributed by atoms with Crippen LogP contribution in [-0.4, -0.2) is 47.8 Å². The number of nitrogens with zero attached hydrogens (tertiary/aromatic N) is 2. The minimum absolute atomic E-state index is 0.0596. The highest BCUT2D eigenvalue weighted by Crippen LogP contribution is 2.26. The number of rotatable bonds is 3. The van der Waals surface area contributed by atoms with Crippen molar-refractivity contribution in [3.63, 3.8) is 0 Å². The predicted octanol–water partition coefficient (Wildman–Crippen LogP) is 4.22. The van der Waals surface area contributed by atoms with Crippen LogP contribution in [0.4, 0.5) is 0 Å². The summed E-state index contributed by atoms with van der Waals surface area (Å²) < 4.78 is 0. The van der Waals surface area contributed by atoms with E-state index in [2.05, 4.69) is 12.1 Å². The van der Waals surface area contributed by atoms with E-state index in [1.807, 2.05) is 52.3 Å². The van der Waals surface area contributed by atoms with Crippen LogP contribution in [0.25, 0.3) is 11.1 Å². The molecule has 4 nitrogen and oxygen atoms in total. The molecule has 2 amide bonds. The molecule has 1 aliphatic carbocycles. The van der Waals surface area contributed by atoms with Crippen molar-refractivity contribution >= 4 is 11.8 Å². The number of hydrogen-bond donors (Lipinski definition) is 0. The largest absolute Gasteiger partial charge is 0.339 e. The fourth-order valence-electron chi connectivity index (χ4n) is 4.36. The second kappa shape index (κ2) is 8.59. The topological polar surface area (TPSA) is 40.6 Å². The highest BCUT2D eigenvalue weighted by atomic mass is 16.2. The van der Waals surface area contributed by atoms with Gasteiger partial charge in [-0.15, -0.1) is 0 Å². The fourth-order valence-corrected chi connectivity index (χ4v) is 4.36. The van der Waals surface area contributed by atoms with Crippen LogP contribution in [0.2, 0.25) is 0 Å². The number of benzene rings is 2. The summed E-state index contributed by atoms with van der Waals surface area (Å²) in [4.78, 5) is 29.4. The highest BCUT2D eigenvalue weighted by Gasteiger charge is 2.29. The maximum Gasteiger partial charge on any atom is 0.253 e. The van der Waals surface area contributed by atoms with Crippen LogP contribution in [0, 0.1) is 5.92 Å². The molecule has 0 aromatic heterocycles. The normalized spacial score (nSPS) is 18.1. The second-order valence-corrected chi connectivity index (χ2v) is 7.90. The molecule has 2 aromatic rings. The number of amides is 2. The summed E-state index contributed by atoms with van der Waals surface area (Å²) in [6.07, 6.45) is 5.67. The molecule has 0 N–H and O–H groups in total. The van der Waals surface area contributed by atoms with Crippen molar-refractivity contribution in [1.82, 2.24) is 9.80 Å². The summed E-state index contributed by atoms with van der Waals surface area (Å²) in [6.45, 7) is 2.56. The first-order valence-electron chi connectivity index (χ1n) is 10.5. The minimum atomic E-state index is 0.0596. The van der Waals surface area contributed by atoms with Gasteiger partial charge < -0.3 is 9.80 Å². The fraction of sp³-hybridized carbons (Fsp3) is 0.417. The van der Waals surface area contributed by atoms with Crippen molar-refractivity contribution in [2.75, 3.05) is 26.2 Å². The van der Waals surface area contributed by atoms with E-state index < -0.39 is 0 Å². The molecule has 1 saturated heterocycles. The Morgan fingerprint density at radius 3 is 1.89 bits per heavy atom. The lowest BCUT2D eigenvalue weighted by atomic mass is 9.88. The van der Waals surface area contributed by atoms with E-state index >= 15 is 0 Å². The molecule has 0 atom stereocenters. The van der Waals surface area contributed by atoms with Gasteiger partial charge in [0.05, 0.1) is 0 Å². The van der Waals surface area contributed by atoms with Crippen LogP contribution in [0.5, 0.6) is 0 Å². The first-order chi connectivity index (χ1) is 13.7. The number of hydrogen-bond acceptors (Lipinski definition) is 2. The zero-order valence-corrected chi connectivity index (χ0v) is 16.3. The summed E-state index contributed by atoms with van der Waals surface area (Å²) in [6, 6.07) is 18.0. The quantitative estimate of drug-likeness (QED) is 0.805. The van der Waals surface area contributed by atoms with Gasteiger partial charge in [0.15, 0.2) is 0 Å². The lowest BCUT2D eigenvalue weighted by Crippen LogP contribution is -2.52. The summed E-state index contributed by atoms with van der Waals surface area (Å²) >= 11 is 0. The summed E-state index contributed by atoms with van der Waals surface area (Å²) in [5.41, 5.74) is 2.98. The highest BCUT2D eigenvalue weighted by molar-refractivity contribution is 5.95. The van der Waals surface area contributed by atoms with Gasteiger partial charge in [0.1, 0.15) is 0 Å².